The third-order valence-electron chi connectivity index (χ3n) is 2.58. The van der Waals surface area contributed by atoms with Gasteiger partial charge >= 0.3 is 6.09 Å². The average Bonchev–Trinajstić information content (AvgIpc) is 2.65. The lowest BCUT2D eigenvalue weighted by Crippen LogP contribution is -2.39. The van der Waals surface area contributed by atoms with E-state index in [1.165, 1.54) is 0 Å². The zero-order valence-corrected chi connectivity index (χ0v) is 12.4. The summed E-state index contributed by atoms with van der Waals surface area (Å²) in [7, 11) is 0. The first-order valence-electron chi connectivity index (χ1n) is 5.83. The van der Waals surface area contributed by atoms with Crippen LogP contribution in [0.25, 0.3) is 0 Å². The van der Waals surface area contributed by atoms with E-state index in [0.29, 0.717) is 12.1 Å². The number of para-hydroxylation sites is 2. The number of anilines is 2. The van der Waals surface area contributed by atoms with Gasteiger partial charge in [-0.25, -0.2) is 4.79 Å². The Labute approximate surface area is 116 Å². The summed E-state index contributed by atoms with van der Waals surface area (Å²) in [6, 6.07) is 7.82. The van der Waals surface area contributed by atoms with Gasteiger partial charge in [-0.2, -0.15) is 0 Å². The van der Waals surface area contributed by atoms with Gasteiger partial charge in [0, 0.05) is 0 Å². The van der Waals surface area contributed by atoms with E-state index >= 15 is 0 Å². The Hall–Kier alpha value is -1.23. The number of hydrogen-bond acceptors (Lipinski definition) is 3. The molecule has 18 heavy (non-hydrogen) atoms. The second kappa shape index (κ2) is 4.80. The summed E-state index contributed by atoms with van der Waals surface area (Å²) in [5, 5.41) is 0. The van der Waals surface area contributed by atoms with Gasteiger partial charge < -0.3 is 9.64 Å². The van der Waals surface area contributed by atoms with Crippen LogP contribution < -0.4 is 9.80 Å². The quantitative estimate of drug-likeness (QED) is 0.587. The predicted molar refractivity (Wildman–Crippen MR) is 76.3 cm³/mol. The molecule has 1 aromatic rings. The van der Waals surface area contributed by atoms with Crippen molar-refractivity contribution in [2.45, 2.75) is 26.4 Å². The summed E-state index contributed by atoms with van der Waals surface area (Å²) < 4.78 is 5.42. The van der Waals surface area contributed by atoms with Gasteiger partial charge in [0.2, 0.25) is 0 Å². The second-order valence-corrected chi connectivity index (χ2v) is 5.70. The molecule has 0 N–H and O–H groups in total. The molecule has 0 spiro atoms. The first-order chi connectivity index (χ1) is 8.42. The molecule has 0 saturated heterocycles. The number of carbonyl (C=O) groups excluding carboxylic acids is 1. The number of carbonyl (C=O) groups is 1. The molecule has 0 radical (unpaired) electrons. The van der Waals surface area contributed by atoms with Gasteiger partial charge in [-0.3, -0.25) is 4.90 Å². The van der Waals surface area contributed by atoms with Gasteiger partial charge in [-0.1, -0.05) is 28.1 Å². The van der Waals surface area contributed by atoms with Crippen LogP contribution in [0.3, 0.4) is 0 Å². The number of ether oxygens (including phenoxy) is 1. The Balaban J connectivity index is 2.24. The third-order valence-corrected chi connectivity index (χ3v) is 3.19. The molecule has 0 atom stereocenters. The van der Waals surface area contributed by atoms with Crippen molar-refractivity contribution < 1.29 is 9.53 Å². The highest BCUT2D eigenvalue weighted by Gasteiger charge is 2.32. The van der Waals surface area contributed by atoms with E-state index in [-0.39, 0.29) is 6.09 Å². The molecule has 1 aliphatic rings. The largest absolute Gasteiger partial charge is 0.443 e. The molecule has 0 aromatic heterocycles. The lowest BCUT2D eigenvalue weighted by molar-refractivity contribution is 0.0583. The van der Waals surface area contributed by atoms with Crippen molar-refractivity contribution in [1.29, 1.82) is 0 Å². The van der Waals surface area contributed by atoms with Crippen molar-refractivity contribution in [3.63, 3.8) is 0 Å². The number of nitrogens with zero attached hydrogens (tertiary/aromatic N) is 2. The van der Waals surface area contributed by atoms with E-state index in [0.717, 1.165) is 11.4 Å². The molecule has 1 amide bonds. The molecule has 4 nitrogen and oxygen atoms in total. The van der Waals surface area contributed by atoms with E-state index in [9.17, 15) is 4.79 Å². The summed E-state index contributed by atoms with van der Waals surface area (Å²) in [6.45, 7) is 6.12. The van der Waals surface area contributed by atoms with Crippen LogP contribution in [0.2, 0.25) is 0 Å². The fourth-order valence-electron chi connectivity index (χ4n) is 1.86. The van der Waals surface area contributed by atoms with Crippen LogP contribution in [-0.2, 0) is 4.74 Å². The summed E-state index contributed by atoms with van der Waals surface area (Å²) in [6.07, 6.45) is -0.307. The third kappa shape index (κ3) is 2.61. The molecular weight excluding hydrogens is 296 g/mol. The van der Waals surface area contributed by atoms with Crippen molar-refractivity contribution in [1.82, 2.24) is 0 Å². The Morgan fingerprint density at radius 3 is 2.50 bits per heavy atom. The van der Waals surface area contributed by atoms with E-state index in [1.807, 2.05) is 45.0 Å². The number of alkyl halides is 1. The minimum absolute atomic E-state index is 0.307. The maximum Gasteiger partial charge on any atom is 0.416 e. The lowest BCUT2D eigenvalue weighted by Gasteiger charge is -2.24. The number of rotatable bonds is 1. The molecule has 1 aromatic carbocycles. The number of fused-ring (bicyclic) bond motifs is 1. The normalized spacial score (nSPS) is 14.7. The van der Waals surface area contributed by atoms with Gasteiger partial charge in [0.25, 0.3) is 0 Å². The van der Waals surface area contributed by atoms with Crippen LogP contribution in [0.4, 0.5) is 16.2 Å². The number of hydrogen-bond donors (Lipinski definition) is 0. The van der Waals surface area contributed by atoms with Crippen LogP contribution in [0.15, 0.2) is 24.3 Å². The topological polar surface area (TPSA) is 32.8 Å². The number of amides is 1. The highest BCUT2D eigenvalue weighted by Crippen LogP contribution is 2.36. The standard InChI is InChI=1S/C13H17BrN2O2/c1-13(2,3)18-12(17)16-9-15(8-14)10-6-4-5-7-11(10)16/h4-7H,8-9H2,1-3H3. The van der Waals surface area contributed by atoms with Gasteiger partial charge in [0.1, 0.15) is 12.3 Å². The van der Waals surface area contributed by atoms with Crippen LogP contribution >= 0.6 is 15.9 Å². The van der Waals surface area contributed by atoms with Gasteiger partial charge in [0.05, 0.1) is 16.8 Å². The maximum atomic E-state index is 12.1. The van der Waals surface area contributed by atoms with Gasteiger partial charge in [0.15, 0.2) is 0 Å². The SMILES string of the molecule is CC(C)(C)OC(=O)N1CN(CBr)c2ccccc21. The van der Waals surface area contributed by atoms with Crippen LogP contribution in [-0.4, -0.2) is 23.8 Å². The summed E-state index contributed by atoms with van der Waals surface area (Å²) in [4.78, 5) is 15.9. The monoisotopic (exact) mass is 312 g/mol. The molecular formula is C13H17BrN2O2. The number of benzene rings is 1. The van der Waals surface area contributed by atoms with Crippen molar-refractivity contribution in [2.75, 3.05) is 21.9 Å². The predicted octanol–water partition coefficient (Wildman–Crippen LogP) is 3.56. The van der Waals surface area contributed by atoms with E-state index in [2.05, 4.69) is 20.8 Å². The minimum atomic E-state index is -0.478. The second-order valence-electron chi connectivity index (χ2n) is 5.20. The molecule has 0 saturated carbocycles. The summed E-state index contributed by atoms with van der Waals surface area (Å²) in [5.41, 5.74) is 2.14. The van der Waals surface area contributed by atoms with Crippen molar-refractivity contribution in [3.05, 3.63) is 24.3 Å². The molecule has 5 heteroatoms. The maximum absolute atomic E-state index is 12.1. The van der Waals surface area contributed by atoms with Gasteiger partial charge in [-0.05, 0) is 32.9 Å². The molecule has 1 aliphatic heterocycles. The van der Waals surface area contributed by atoms with Crippen molar-refractivity contribution in [2.24, 2.45) is 0 Å². The molecule has 0 aliphatic carbocycles. The Kier molecular flexibility index (Phi) is 3.52. The minimum Gasteiger partial charge on any atom is -0.443 e. The fraction of sp³-hybridized carbons (Fsp3) is 0.462. The molecule has 2 rings (SSSR count). The van der Waals surface area contributed by atoms with Crippen LogP contribution in [0.5, 0.6) is 0 Å². The first-order valence-corrected chi connectivity index (χ1v) is 6.95. The van der Waals surface area contributed by atoms with Crippen LogP contribution in [0, 0.1) is 0 Å². The van der Waals surface area contributed by atoms with E-state index in [1.54, 1.807) is 4.90 Å². The average molecular weight is 313 g/mol. The van der Waals surface area contributed by atoms with Crippen molar-refractivity contribution >= 4 is 33.4 Å². The van der Waals surface area contributed by atoms with E-state index in [4.69, 9.17) is 4.74 Å². The van der Waals surface area contributed by atoms with Crippen LogP contribution in [0.1, 0.15) is 20.8 Å². The smallest absolute Gasteiger partial charge is 0.416 e. The van der Waals surface area contributed by atoms with Gasteiger partial charge in [-0.15, -0.1) is 0 Å². The molecule has 98 valence electrons. The molecule has 0 unspecified atom stereocenters. The highest BCUT2D eigenvalue weighted by atomic mass is 79.9. The van der Waals surface area contributed by atoms with E-state index < -0.39 is 5.60 Å². The van der Waals surface area contributed by atoms with Crippen molar-refractivity contribution in [3.8, 4) is 0 Å². The Morgan fingerprint density at radius 1 is 1.33 bits per heavy atom. The zero-order valence-electron chi connectivity index (χ0n) is 10.8. The lowest BCUT2D eigenvalue weighted by atomic mass is 10.2. The highest BCUT2D eigenvalue weighted by molar-refractivity contribution is 9.09. The zero-order chi connectivity index (χ0) is 13.3. The molecule has 0 fully saturated rings. The Bertz CT molecular complexity index is 457. The summed E-state index contributed by atoms with van der Waals surface area (Å²) >= 11 is 3.43. The number of halogens is 1. The molecule has 0 bridgehead atoms. The Morgan fingerprint density at radius 2 is 1.94 bits per heavy atom. The summed E-state index contributed by atoms with van der Waals surface area (Å²) in [5.74, 6) is 0. The first kappa shape index (κ1) is 13.2. The fourth-order valence-corrected chi connectivity index (χ4v) is 2.29. The molecule has 1 heterocycles.